The van der Waals surface area contributed by atoms with Crippen LogP contribution in [-0.2, 0) is 4.79 Å². The van der Waals surface area contributed by atoms with Crippen molar-refractivity contribution in [1.29, 1.82) is 0 Å². The Morgan fingerprint density at radius 3 is 2.23 bits per heavy atom. The molecule has 13 heavy (non-hydrogen) atoms. The van der Waals surface area contributed by atoms with Crippen molar-refractivity contribution in [3.63, 3.8) is 0 Å². The van der Waals surface area contributed by atoms with Crippen LogP contribution in [0.4, 0.5) is 0 Å². The average Bonchev–Trinajstić information content (AvgIpc) is 1.96. The number of alkyl halides is 1. The van der Waals surface area contributed by atoms with Crippen LogP contribution in [0.1, 0.15) is 34.1 Å². The van der Waals surface area contributed by atoms with E-state index in [1.165, 1.54) is 0 Å². The maximum atomic E-state index is 11.7. The molecule has 0 radical (unpaired) electrons. The monoisotopic (exact) mass is 249 g/mol. The molecule has 0 aromatic carbocycles. The standard InChI is InChI=1S/C10H20BrNO/c1-8(2)6-7-12(5)9(13)10(3,4)11/h8H,6-7H2,1-5H3. The van der Waals surface area contributed by atoms with Crippen LogP contribution in [0, 0.1) is 5.92 Å². The molecule has 78 valence electrons. The van der Waals surface area contributed by atoms with E-state index in [1.807, 2.05) is 20.9 Å². The molecule has 0 aromatic rings. The lowest BCUT2D eigenvalue weighted by atomic mass is 10.1. The van der Waals surface area contributed by atoms with Crippen molar-refractivity contribution in [2.24, 2.45) is 5.92 Å². The Labute approximate surface area is 89.8 Å². The zero-order chi connectivity index (χ0) is 10.6. The van der Waals surface area contributed by atoms with E-state index in [1.54, 1.807) is 4.90 Å². The van der Waals surface area contributed by atoms with Crippen LogP contribution in [-0.4, -0.2) is 28.7 Å². The van der Waals surface area contributed by atoms with Crippen LogP contribution in [0.5, 0.6) is 0 Å². The van der Waals surface area contributed by atoms with E-state index in [0.29, 0.717) is 5.92 Å². The van der Waals surface area contributed by atoms with Crippen molar-refractivity contribution in [3.05, 3.63) is 0 Å². The van der Waals surface area contributed by atoms with Gasteiger partial charge in [0, 0.05) is 13.6 Å². The Hall–Kier alpha value is -0.0500. The zero-order valence-electron chi connectivity index (χ0n) is 9.22. The third kappa shape index (κ3) is 5.29. The van der Waals surface area contributed by atoms with Crippen molar-refractivity contribution in [3.8, 4) is 0 Å². The molecule has 0 unspecified atom stereocenters. The molecule has 0 aliphatic heterocycles. The minimum Gasteiger partial charge on any atom is -0.345 e. The first-order chi connectivity index (χ1) is 5.75. The molecule has 0 N–H and O–H groups in total. The van der Waals surface area contributed by atoms with Gasteiger partial charge in [-0.25, -0.2) is 0 Å². The van der Waals surface area contributed by atoms with Gasteiger partial charge < -0.3 is 4.90 Å². The highest BCUT2D eigenvalue weighted by molar-refractivity contribution is 9.10. The van der Waals surface area contributed by atoms with E-state index in [4.69, 9.17) is 0 Å². The van der Waals surface area contributed by atoms with Crippen molar-refractivity contribution >= 4 is 21.8 Å². The molecule has 0 aliphatic rings. The molecule has 0 saturated carbocycles. The number of amides is 1. The second-order valence-electron chi connectivity index (χ2n) is 4.38. The van der Waals surface area contributed by atoms with Gasteiger partial charge in [0.15, 0.2) is 0 Å². The van der Waals surface area contributed by atoms with Crippen LogP contribution < -0.4 is 0 Å². The van der Waals surface area contributed by atoms with E-state index in [9.17, 15) is 4.79 Å². The molecule has 0 atom stereocenters. The molecule has 0 fully saturated rings. The fourth-order valence-corrected chi connectivity index (χ4v) is 1.31. The maximum Gasteiger partial charge on any atom is 0.238 e. The van der Waals surface area contributed by atoms with Crippen molar-refractivity contribution in [2.45, 2.75) is 38.4 Å². The summed E-state index contributed by atoms with van der Waals surface area (Å²) in [5, 5.41) is 0. The lowest BCUT2D eigenvalue weighted by Crippen LogP contribution is -2.39. The van der Waals surface area contributed by atoms with E-state index >= 15 is 0 Å². The number of halogens is 1. The quantitative estimate of drug-likeness (QED) is 0.702. The van der Waals surface area contributed by atoms with Gasteiger partial charge in [0.05, 0.1) is 4.32 Å². The van der Waals surface area contributed by atoms with Crippen molar-refractivity contribution in [2.75, 3.05) is 13.6 Å². The van der Waals surface area contributed by atoms with Crippen molar-refractivity contribution in [1.82, 2.24) is 4.90 Å². The Kier molecular flexibility index (Phi) is 4.97. The lowest BCUT2D eigenvalue weighted by Gasteiger charge is -2.25. The molecule has 0 aromatic heterocycles. The Bertz CT molecular complexity index is 172. The van der Waals surface area contributed by atoms with Crippen LogP contribution >= 0.6 is 15.9 Å². The predicted molar refractivity (Wildman–Crippen MR) is 60.1 cm³/mol. The fraction of sp³-hybridized carbons (Fsp3) is 0.900. The van der Waals surface area contributed by atoms with Gasteiger partial charge in [-0.05, 0) is 26.2 Å². The molecule has 1 amide bonds. The predicted octanol–water partition coefficient (Wildman–Crippen LogP) is 2.66. The van der Waals surface area contributed by atoms with E-state index < -0.39 is 4.32 Å². The SMILES string of the molecule is CC(C)CCN(C)C(=O)C(C)(C)Br. The van der Waals surface area contributed by atoms with Crippen LogP contribution in [0.3, 0.4) is 0 Å². The third-order valence-corrected chi connectivity index (χ3v) is 2.24. The molecule has 3 heteroatoms. The van der Waals surface area contributed by atoms with Crippen LogP contribution in [0.25, 0.3) is 0 Å². The summed E-state index contributed by atoms with van der Waals surface area (Å²) >= 11 is 3.36. The number of carbonyl (C=O) groups is 1. The highest BCUT2D eigenvalue weighted by Crippen LogP contribution is 2.18. The van der Waals surface area contributed by atoms with Gasteiger partial charge >= 0.3 is 0 Å². The number of nitrogens with zero attached hydrogens (tertiary/aromatic N) is 1. The van der Waals surface area contributed by atoms with E-state index in [-0.39, 0.29) is 5.91 Å². The summed E-state index contributed by atoms with van der Waals surface area (Å²) in [6, 6.07) is 0. The summed E-state index contributed by atoms with van der Waals surface area (Å²) in [6.07, 6.45) is 1.06. The second kappa shape index (κ2) is 4.99. The van der Waals surface area contributed by atoms with E-state index in [0.717, 1.165) is 13.0 Å². The summed E-state index contributed by atoms with van der Waals surface area (Å²) < 4.78 is -0.432. The topological polar surface area (TPSA) is 20.3 Å². The summed E-state index contributed by atoms with van der Waals surface area (Å²) in [6.45, 7) is 8.92. The number of hydrogen-bond donors (Lipinski definition) is 0. The van der Waals surface area contributed by atoms with Gasteiger partial charge in [-0.2, -0.15) is 0 Å². The van der Waals surface area contributed by atoms with Gasteiger partial charge in [0.25, 0.3) is 0 Å². The minimum atomic E-state index is -0.432. The number of rotatable bonds is 4. The first-order valence-corrected chi connectivity index (χ1v) is 5.49. The lowest BCUT2D eigenvalue weighted by molar-refractivity contribution is -0.131. The summed E-state index contributed by atoms with van der Waals surface area (Å²) in [7, 11) is 1.85. The summed E-state index contributed by atoms with van der Waals surface area (Å²) in [4.78, 5) is 13.4. The molecule has 0 heterocycles. The molecule has 2 nitrogen and oxygen atoms in total. The Balaban J connectivity index is 3.98. The molecule has 0 rings (SSSR count). The average molecular weight is 250 g/mol. The van der Waals surface area contributed by atoms with Crippen LogP contribution in [0.15, 0.2) is 0 Å². The smallest absolute Gasteiger partial charge is 0.238 e. The normalized spacial score (nSPS) is 11.9. The molecule has 0 aliphatic carbocycles. The first-order valence-electron chi connectivity index (χ1n) is 4.69. The van der Waals surface area contributed by atoms with Gasteiger partial charge in [-0.15, -0.1) is 0 Å². The highest BCUT2D eigenvalue weighted by atomic mass is 79.9. The molecule has 0 saturated heterocycles. The zero-order valence-corrected chi connectivity index (χ0v) is 10.8. The summed E-state index contributed by atoms with van der Waals surface area (Å²) in [5.74, 6) is 0.793. The van der Waals surface area contributed by atoms with E-state index in [2.05, 4.69) is 29.8 Å². The minimum absolute atomic E-state index is 0.146. The van der Waals surface area contributed by atoms with Gasteiger partial charge in [-0.3, -0.25) is 4.79 Å². The molecule has 0 spiro atoms. The molecular weight excluding hydrogens is 230 g/mol. The largest absolute Gasteiger partial charge is 0.345 e. The van der Waals surface area contributed by atoms with Gasteiger partial charge in [0.1, 0.15) is 0 Å². The maximum absolute atomic E-state index is 11.7. The summed E-state index contributed by atoms with van der Waals surface area (Å²) in [5.41, 5.74) is 0. The van der Waals surface area contributed by atoms with Crippen LogP contribution in [0.2, 0.25) is 0 Å². The first kappa shape index (κ1) is 12.9. The third-order valence-electron chi connectivity index (χ3n) is 1.90. The number of carbonyl (C=O) groups excluding carboxylic acids is 1. The second-order valence-corrected chi connectivity index (χ2v) is 6.36. The Morgan fingerprint density at radius 2 is 1.92 bits per heavy atom. The fourth-order valence-electron chi connectivity index (χ4n) is 1.01. The molecule has 0 bridgehead atoms. The number of hydrogen-bond acceptors (Lipinski definition) is 1. The Morgan fingerprint density at radius 1 is 1.46 bits per heavy atom. The van der Waals surface area contributed by atoms with Gasteiger partial charge in [-0.1, -0.05) is 29.8 Å². The molecular formula is C10H20BrNO. The highest BCUT2D eigenvalue weighted by Gasteiger charge is 2.26. The van der Waals surface area contributed by atoms with Crippen molar-refractivity contribution < 1.29 is 4.79 Å². The van der Waals surface area contributed by atoms with Gasteiger partial charge in [0.2, 0.25) is 5.91 Å².